The fourth-order valence-corrected chi connectivity index (χ4v) is 7.73. The molecule has 10 heteroatoms. The predicted molar refractivity (Wildman–Crippen MR) is 170 cm³/mol. The molecule has 3 N–H and O–H groups in total. The molecule has 3 aliphatic rings. The molecule has 248 valence electrons. The Kier molecular flexibility index (Phi) is 11.9. The van der Waals surface area contributed by atoms with Crippen molar-refractivity contribution >= 4 is 34.4 Å². The van der Waals surface area contributed by atoms with E-state index in [0.717, 1.165) is 51.4 Å². The minimum Gasteiger partial charge on any atom is -0.460 e. The molecule has 2 aliphatic carbocycles. The van der Waals surface area contributed by atoms with Crippen LogP contribution in [-0.2, 0) is 19.1 Å². The van der Waals surface area contributed by atoms with Gasteiger partial charge in [-0.05, 0) is 93.9 Å². The van der Waals surface area contributed by atoms with Crippen LogP contribution in [0.25, 0.3) is 11.0 Å². The lowest BCUT2D eigenvalue weighted by Crippen LogP contribution is -2.50. The van der Waals surface area contributed by atoms with E-state index in [1.54, 1.807) is 24.3 Å². The van der Waals surface area contributed by atoms with Crippen molar-refractivity contribution in [3.05, 3.63) is 30.0 Å². The Morgan fingerprint density at radius 1 is 1.02 bits per heavy atom. The normalized spacial score (nSPS) is 24.9. The molecule has 0 spiro atoms. The van der Waals surface area contributed by atoms with Gasteiger partial charge in [-0.3, -0.25) is 9.59 Å². The van der Waals surface area contributed by atoms with Crippen LogP contribution >= 0.6 is 0 Å². The zero-order chi connectivity index (χ0) is 31.8. The van der Waals surface area contributed by atoms with Gasteiger partial charge in [0.05, 0.1) is 6.61 Å². The topological polar surface area (TPSA) is 124 Å². The van der Waals surface area contributed by atoms with Gasteiger partial charge in [-0.1, -0.05) is 32.1 Å². The second-order valence-corrected chi connectivity index (χ2v) is 13.1. The summed E-state index contributed by atoms with van der Waals surface area (Å²) in [4.78, 5) is 42.3. The number of furan rings is 1. The van der Waals surface area contributed by atoms with Crippen molar-refractivity contribution in [2.75, 3.05) is 38.4 Å². The Labute approximate surface area is 265 Å². The maximum Gasteiger partial charge on any atom is 0.374 e. The Balaban J connectivity index is 1.25. The average Bonchev–Trinajstić information content (AvgIpc) is 3.71. The first kappa shape index (κ1) is 33.4. The van der Waals surface area contributed by atoms with Crippen LogP contribution < -0.4 is 11.1 Å². The monoisotopic (exact) mass is 627 g/mol. The zero-order valence-corrected chi connectivity index (χ0v) is 26.6. The number of nitrogens with zero attached hydrogens (tertiary/aromatic N) is 1. The van der Waals surface area contributed by atoms with Gasteiger partial charge in [-0.15, -0.1) is 0 Å². The first-order chi connectivity index (χ1) is 21.9. The number of anilines is 1. The number of halogens is 1. The number of hydrogen-bond acceptors (Lipinski definition) is 7. The molecule has 1 aromatic carbocycles. The number of unbranched alkanes of at least 4 members (excludes halogenated alkanes) is 1. The molecule has 2 heterocycles. The highest BCUT2D eigenvalue weighted by Gasteiger charge is 2.47. The molecule has 3 atom stereocenters. The van der Waals surface area contributed by atoms with Crippen LogP contribution in [0.2, 0.25) is 0 Å². The standard InChI is InChI=1S/C35H50FN3O6/c1-2-43-18-6-7-19-44-35(42)31-21-26-20-27(14-15-30(26)45-31)38-33(40)32-28(23-8-4-3-5-9-23)16-17-39(32)34(41)25-12-10-24(11-13-25)29(37)22-36/h14-15,20-21,23-25,28-29,32H,2-13,16-19,22,37H2,1H3,(H,38,40)/t24?,25?,28-,29+,32-/m0/s1. The van der Waals surface area contributed by atoms with Gasteiger partial charge in [0.1, 0.15) is 18.3 Å². The molecule has 2 saturated carbocycles. The van der Waals surface area contributed by atoms with E-state index in [1.165, 1.54) is 6.42 Å². The first-order valence-electron chi connectivity index (χ1n) is 17.1. The average molecular weight is 628 g/mol. The summed E-state index contributed by atoms with van der Waals surface area (Å²) in [6.07, 6.45) is 10.9. The number of likely N-dealkylation sites (tertiary alicyclic amines) is 1. The number of amides is 2. The van der Waals surface area contributed by atoms with Crippen molar-refractivity contribution in [1.29, 1.82) is 0 Å². The van der Waals surface area contributed by atoms with E-state index in [9.17, 15) is 18.8 Å². The van der Waals surface area contributed by atoms with Crippen molar-refractivity contribution in [2.24, 2.45) is 29.4 Å². The summed E-state index contributed by atoms with van der Waals surface area (Å²) < 4.78 is 29.6. The van der Waals surface area contributed by atoms with Gasteiger partial charge < -0.3 is 29.8 Å². The summed E-state index contributed by atoms with van der Waals surface area (Å²) >= 11 is 0. The Hall–Kier alpha value is -2.98. The number of benzene rings is 1. The molecule has 0 radical (unpaired) electrons. The van der Waals surface area contributed by atoms with Crippen LogP contribution in [-0.4, -0.2) is 67.8 Å². The number of rotatable bonds is 13. The van der Waals surface area contributed by atoms with Crippen molar-refractivity contribution in [3.8, 4) is 0 Å². The van der Waals surface area contributed by atoms with E-state index < -0.39 is 24.7 Å². The number of fused-ring (bicyclic) bond motifs is 1. The quantitative estimate of drug-likeness (QED) is 0.199. The van der Waals surface area contributed by atoms with Crippen LogP contribution in [0.5, 0.6) is 0 Å². The molecule has 1 aromatic heterocycles. The second kappa shape index (κ2) is 16.0. The van der Waals surface area contributed by atoms with E-state index >= 15 is 0 Å². The van der Waals surface area contributed by atoms with Crippen molar-refractivity contribution < 1.29 is 32.7 Å². The van der Waals surface area contributed by atoms with Gasteiger partial charge in [0.2, 0.25) is 17.6 Å². The molecular formula is C35H50FN3O6. The lowest BCUT2D eigenvalue weighted by atomic mass is 9.76. The predicted octanol–water partition coefficient (Wildman–Crippen LogP) is 6.25. The fourth-order valence-electron chi connectivity index (χ4n) is 7.73. The fraction of sp³-hybridized carbons (Fsp3) is 0.686. The summed E-state index contributed by atoms with van der Waals surface area (Å²) in [7, 11) is 0. The summed E-state index contributed by atoms with van der Waals surface area (Å²) in [6, 6.07) is 5.93. The third kappa shape index (κ3) is 8.25. The molecule has 0 unspecified atom stereocenters. The van der Waals surface area contributed by atoms with E-state index in [2.05, 4.69) is 5.32 Å². The molecular weight excluding hydrogens is 577 g/mol. The van der Waals surface area contributed by atoms with Gasteiger partial charge in [-0.2, -0.15) is 0 Å². The van der Waals surface area contributed by atoms with Crippen molar-refractivity contribution in [1.82, 2.24) is 4.90 Å². The minimum atomic E-state index is -0.536. The van der Waals surface area contributed by atoms with Gasteiger partial charge in [0, 0.05) is 42.8 Å². The molecule has 2 amide bonds. The first-order valence-corrected chi connectivity index (χ1v) is 17.1. The smallest absolute Gasteiger partial charge is 0.374 e. The number of alkyl halides is 1. The van der Waals surface area contributed by atoms with Gasteiger partial charge >= 0.3 is 5.97 Å². The van der Waals surface area contributed by atoms with Gasteiger partial charge in [0.15, 0.2) is 0 Å². The Bertz CT molecular complexity index is 1290. The molecule has 3 fully saturated rings. The van der Waals surface area contributed by atoms with E-state index in [4.69, 9.17) is 19.6 Å². The number of carbonyl (C=O) groups is 3. The van der Waals surface area contributed by atoms with Crippen LogP contribution in [0, 0.1) is 23.7 Å². The van der Waals surface area contributed by atoms with Crippen LogP contribution in [0.15, 0.2) is 28.7 Å². The van der Waals surface area contributed by atoms with Gasteiger partial charge in [-0.25, -0.2) is 9.18 Å². The molecule has 1 saturated heterocycles. The SMILES string of the molecule is CCOCCCCOC(=O)c1cc2cc(NC(=O)[C@@H]3[C@H](C4CCCCC4)CCN3C(=O)C3CCC([C@H](N)CF)CC3)ccc2o1. The zero-order valence-electron chi connectivity index (χ0n) is 26.6. The minimum absolute atomic E-state index is 0.0482. The third-order valence-corrected chi connectivity index (χ3v) is 10.3. The number of hydrogen-bond donors (Lipinski definition) is 2. The van der Waals surface area contributed by atoms with E-state index in [0.29, 0.717) is 61.6 Å². The number of esters is 1. The van der Waals surface area contributed by atoms with Crippen LogP contribution in [0.3, 0.4) is 0 Å². The van der Waals surface area contributed by atoms with Crippen LogP contribution in [0.1, 0.15) is 94.5 Å². The number of nitrogens with two attached hydrogens (primary N) is 1. The maximum absolute atomic E-state index is 14.0. The van der Waals surface area contributed by atoms with Crippen LogP contribution in [0.4, 0.5) is 10.1 Å². The highest BCUT2D eigenvalue weighted by molar-refractivity contribution is 6.00. The summed E-state index contributed by atoms with van der Waals surface area (Å²) in [5, 5.41) is 3.78. The lowest BCUT2D eigenvalue weighted by Gasteiger charge is -2.36. The number of ether oxygens (including phenoxy) is 2. The summed E-state index contributed by atoms with van der Waals surface area (Å²) in [6.45, 7) is 3.58. The van der Waals surface area contributed by atoms with Crippen molar-refractivity contribution in [3.63, 3.8) is 0 Å². The third-order valence-electron chi connectivity index (χ3n) is 10.3. The Morgan fingerprint density at radius 3 is 2.51 bits per heavy atom. The lowest BCUT2D eigenvalue weighted by molar-refractivity contribution is -0.142. The maximum atomic E-state index is 14.0. The number of nitrogens with one attached hydrogen (secondary N) is 1. The molecule has 2 aromatic rings. The van der Waals surface area contributed by atoms with Crippen molar-refractivity contribution in [2.45, 2.75) is 96.1 Å². The van der Waals surface area contributed by atoms with E-state index in [1.807, 2.05) is 11.8 Å². The van der Waals surface area contributed by atoms with Gasteiger partial charge in [0.25, 0.3) is 0 Å². The summed E-state index contributed by atoms with van der Waals surface area (Å²) in [5.41, 5.74) is 7.07. The highest BCUT2D eigenvalue weighted by atomic mass is 19.1. The largest absolute Gasteiger partial charge is 0.460 e. The molecule has 5 rings (SSSR count). The molecule has 45 heavy (non-hydrogen) atoms. The highest BCUT2D eigenvalue weighted by Crippen LogP contribution is 2.41. The molecule has 9 nitrogen and oxygen atoms in total. The second-order valence-electron chi connectivity index (χ2n) is 13.1. The number of carbonyl (C=O) groups excluding carboxylic acids is 3. The van der Waals surface area contributed by atoms with E-state index in [-0.39, 0.29) is 41.9 Å². The summed E-state index contributed by atoms with van der Waals surface area (Å²) in [5.74, 6) is -0.0233. The Morgan fingerprint density at radius 2 is 1.78 bits per heavy atom. The molecule has 0 bridgehead atoms. The molecule has 1 aliphatic heterocycles.